The standard InChI is InChI=1S/C20H27N3O3/c1-13(2)26-19(24)17-14(3)21-20(25)22-18(17)15-7-9-16(10-8-15)23-11-5-4-6-12-23/h7-10,13,18H,4-6,11-12H2,1-3H3,(H2,21,22,25). The minimum atomic E-state index is -0.509. The Balaban J connectivity index is 1.86. The Bertz CT molecular complexity index is 704. The molecule has 0 radical (unpaired) electrons. The lowest BCUT2D eigenvalue weighted by Crippen LogP contribution is -2.45. The molecule has 1 unspecified atom stereocenters. The van der Waals surface area contributed by atoms with Gasteiger partial charge in [0.1, 0.15) is 0 Å². The Hall–Kier alpha value is -2.50. The molecule has 2 heterocycles. The van der Waals surface area contributed by atoms with E-state index in [1.807, 2.05) is 26.0 Å². The molecule has 1 aromatic rings. The molecule has 26 heavy (non-hydrogen) atoms. The van der Waals surface area contributed by atoms with Gasteiger partial charge in [-0.25, -0.2) is 9.59 Å². The lowest BCUT2D eigenvalue weighted by atomic mass is 9.95. The van der Waals surface area contributed by atoms with Crippen molar-refractivity contribution in [2.24, 2.45) is 0 Å². The van der Waals surface area contributed by atoms with Crippen molar-refractivity contribution in [3.05, 3.63) is 41.1 Å². The number of ether oxygens (including phenoxy) is 1. The van der Waals surface area contributed by atoms with Gasteiger partial charge in [0.2, 0.25) is 0 Å². The maximum Gasteiger partial charge on any atom is 0.338 e. The molecular weight excluding hydrogens is 330 g/mol. The second-order valence-electron chi connectivity index (χ2n) is 7.16. The molecule has 2 aliphatic heterocycles. The van der Waals surface area contributed by atoms with Gasteiger partial charge in [0.25, 0.3) is 0 Å². The molecule has 2 aliphatic rings. The van der Waals surface area contributed by atoms with E-state index < -0.39 is 12.0 Å². The molecule has 6 heteroatoms. The Labute approximate surface area is 154 Å². The molecule has 0 bridgehead atoms. The first-order valence-corrected chi connectivity index (χ1v) is 9.30. The summed E-state index contributed by atoms with van der Waals surface area (Å²) in [6.07, 6.45) is 3.52. The number of hydrogen-bond acceptors (Lipinski definition) is 4. The van der Waals surface area contributed by atoms with E-state index in [1.165, 1.54) is 24.9 Å². The van der Waals surface area contributed by atoms with Crippen LogP contribution in [0, 0.1) is 0 Å². The number of anilines is 1. The zero-order valence-corrected chi connectivity index (χ0v) is 15.7. The van der Waals surface area contributed by atoms with Crippen LogP contribution in [0.5, 0.6) is 0 Å². The number of piperidine rings is 1. The quantitative estimate of drug-likeness (QED) is 0.812. The predicted octanol–water partition coefficient (Wildman–Crippen LogP) is 3.26. The number of hydrogen-bond donors (Lipinski definition) is 2. The molecule has 0 saturated carbocycles. The van der Waals surface area contributed by atoms with Crippen LogP contribution in [0.2, 0.25) is 0 Å². The Morgan fingerprint density at radius 3 is 2.42 bits per heavy atom. The molecule has 3 rings (SSSR count). The molecule has 2 N–H and O–H groups in total. The highest BCUT2D eigenvalue weighted by Crippen LogP contribution is 2.30. The van der Waals surface area contributed by atoms with E-state index in [9.17, 15) is 9.59 Å². The fraction of sp³-hybridized carbons (Fsp3) is 0.500. The van der Waals surface area contributed by atoms with Crippen molar-refractivity contribution < 1.29 is 14.3 Å². The first kappa shape index (κ1) is 18.3. The highest BCUT2D eigenvalue weighted by molar-refractivity contribution is 5.95. The van der Waals surface area contributed by atoms with Gasteiger partial charge < -0.3 is 20.3 Å². The summed E-state index contributed by atoms with van der Waals surface area (Å²) in [5.74, 6) is -0.407. The smallest absolute Gasteiger partial charge is 0.338 e. The first-order chi connectivity index (χ1) is 12.5. The molecule has 1 atom stereocenters. The molecular formula is C20H27N3O3. The van der Waals surface area contributed by atoms with Crippen LogP contribution in [0.1, 0.15) is 51.6 Å². The van der Waals surface area contributed by atoms with Gasteiger partial charge in [-0.15, -0.1) is 0 Å². The van der Waals surface area contributed by atoms with Gasteiger partial charge in [-0.3, -0.25) is 0 Å². The SMILES string of the molecule is CC1=C(C(=O)OC(C)C)C(c2ccc(N3CCCCC3)cc2)NC(=O)N1. The molecule has 1 fully saturated rings. The van der Waals surface area contributed by atoms with Crippen LogP contribution in [-0.2, 0) is 9.53 Å². The summed E-state index contributed by atoms with van der Waals surface area (Å²) < 4.78 is 5.37. The van der Waals surface area contributed by atoms with Crippen LogP contribution >= 0.6 is 0 Å². The molecule has 0 aliphatic carbocycles. The third-order valence-corrected chi connectivity index (χ3v) is 4.78. The van der Waals surface area contributed by atoms with E-state index in [-0.39, 0.29) is 12.1 Å². The van der Waals surface area contributed by atoms with E-state index in [2.05, 4.69) is 27.7 Å². The second kappa shape index (κ2) is 7.81. The molecule has 0 spiro atoms. The van der Waals surface area contributed by atoms with Crippen LogP contribution in [0.4, 0.5) is 10.5 Å². The van der Waals surface area contributed by atoms with Gasteiger partial charge in [0.05, 0.1) is 17.7 Å². The van der Waals surface area contributed by atoms with Crippen molar-refractivity contribution >= 4 is 17.7 Å². The lowest BCUT2D eigenvalue weighted by Gasteiger charge is -2.30. The van der Waals surface area contributed by atoms with E-state index in [1.54, 1.807) is 6.92 Å². The number of carbonyl (C=O) groups is 2. The molecule has 140 valence electrons. The van der Waals surface area contributed by atoms with E-state index in [0.29, 0.717) is 11.3 Å². The number of nitrogens with zero attached hydrogens (tertiary/aromatic N) is 1. The lowest BCUT2D eigenvalue weighted by molar-refractivity contribution is -0.143. The Morgan fingerprint density at radius 2 is 1.81 bits per heavy atom. The topological polar surface area (TPSA) is 70.7 Å². The minimum Gasteiger partial charge on any atom is -0.459 e. The maximum absolute atomic E-state index is 12.5. The highest BCUT2D eigenvalue weighted by atomic mass is 16.5. The number of esters is 1. The number of nitrogens with one attached hydrogen (secondary N) is 2. The molecule has 2 amide bonds. The van der Waals surface area contributed by atoms with Gasteiger partial charge in [-0.1, -0.05) is 12.1 Å². The van der Waals surface area contributed by atoms with Crippen molar-refractivity contribution in [2.45, 2.75) is 52.2 Å². The summed E-state index contributed by atoms with van der Waals surface area (Å²) in [5, 5.41) is 5.51. The Morgan fingerprint density at radius 1 is 1.15 bits per heavy atom. The third-order valence-electron chi connectivity index (χ3n) is 4.78. The number of benzene rings is 1. The van der Waals surface area contributed by atoms with Crippen molar-refractivity contribution in [3.8, 4) is 0 Å². The van der Waals surface area contributed by atoms with Gasteiger partial charge in [-0.05, 0) is 57.7 Å². The fourth-order valence-corrected chi connectivity index (χ4v) is 3.52. The van der Waals surface area contributed by atoms with Crippen LogP contribution < -0.4 is 15.5 Å². The average Bonchev–Trinajstić information content (AvgIpc) is 2.61. The van der Waals surface area contributed by atoms with Crippen molar-refractivity contribution in [2.75, 3.05) is 18.0 Å². The highest BCUT2D eigenvalue weighted by Gasteiger charge is 2.32. The summed E-state index contributed by atoms with van der Waals surface area (Å²) in [4.78, 5) is 26.9. The monoisotopic (exact) mass is 357 g/mol. The molecule has 1 saturated heterocycles. The summed E-state index contributed by atoms with van der Waals surface area (Å²) in [7, 11) is 0. The predicted molar refractivity (Wildman–Crippen MR) is 101 cm³/mol. The van der Waals surface area contributed by atoms with Gasteiger partial charge in [0.15, 0.2) is 0 Å². The van der Waals surface area contributed by atoms with E-state index >= 15 is 0 Å². The third kappa shape index (κ3) is 4.00. The van der Waals surface area contributed by atoms with E-state index in [0.717, 1.165) is 18.7 Å². The summed E-state index contributed by atoms with van der Waals surface area (Å²) in [6.45, 7) is 7.50. The number of allylic oxidation sites excluding steroid dienone is 1. The Kier molecular flexibility index (Phi) is 5.49. The van der Waals surface area contributed by atoms with Crippen LogP contribution in [0.3, 0.4) is 0 Å². The van der Waals surface area contributed by atoms with Crippen molar-refractivity contribution in [1.82, 2.24) is 10.6 Å². The number of rotatable bonds is 4. The van der Waals surface area contributed by atoms with E-state index in [4.69, 9.17) is 4.74 Å². The number of amides is 2. The second-order valence-corrected chi connectivity index (χ2v) is 7.16. The van der Waals surface area contributed by atoms with Gasteiger partial charge >= 0.3 is 12.0 Å². The summed E-state index contributed by atoms with van der Waals surface area (Å²) in [6, 6.07) is 7.27. The largest absolute Gasteiger partial charge is 0.459 e. The number of urea groups is 1. The maximum atomic E-state index is 12.5. The molecule has 0 aromatic heterocycles. The minimum absolute atomic E-state index is 0.220. The first-order valence-electron chi connectivity index (χ1n) is 9.30. The normalized spacial score (nSPS) is 20.7. The van der Waals surface area contributed by atoms with Crippen molar-refractivity contribution in [1.29, 1.82) is 0 Å². The summed E-state index contributed by atoms with van der Waals surface area (Å²) in [5.41, 5.74) is 3.03. The molecule has 6 nitrogen and oxygen atoms in total. The zero-order valence-electron chi connectivity index (χ0n) is 15.7. The van der Waals surface area contributed by atoms with Crippen LogP contribution in [-0.4, -0.2) is 31.2 Å². The average molecular weight is 357 g/mol. The summed E-state index contributed by atoms with van der Waals surface area (Å²) >= 11 is 0. The molecule has 1 aromatic carbocycles. The van der Waals surface area contributed by atoms with Gasteiger partial charge in [-0.2, -0.15) is 0 Å². The fourth-order valence-electron chi connectivity index (χ4n) is 3.52. The van der Waals surface area contributed by atoms with Gasteiger partial charge in [0, 0.05) is 24.5 Å². The van der Waals surface area contributed by atoms with Crippen molar-refractivity contribution in [3.63, 3.8) is 0 Å². The number of carbonyl (C=O) groups excluding carboxylic acids is 2. The van der Waals surface area contributed by atoms with Crippen LogP contribution in [0.15, 0.2) is 35.5 Å². The zero-order chi connectivity index (χ0) is 18.7. The van der Waals surface area contributed by atoms with Crippen LogP contribution in [0.25, 0.3) is 0 Å².